The zero-order chi connectivity index (χ0) is 16.5. The normalized spacial score (nSPS) is 16.0. The third kappa shape index (κ3) is 2.82. The molecule has 7 nitrogen and oxygen atoms in total. The van der Waals surface area contributed by atoms with Gasteiger partial charge in [0.05, 0.1) is 23.8 Å². The molecule has 0 radical (unpaired) electrons. The topological polar surface area (TPSA) is 63.0 Å². The quantitative estimate of drug-likeness (QED) is 0.725. The minimum atomic E-state index is 0.615. The Labute approximate surface area is 141 Å². The number of nitrogens with zero attached hydrogens (tertiary/aromatic N) is 7. The van der Waals surface area contributed by atoms with Crippen LogP contribution in [0.25, 0.3) is 11.0 Å². The van der Waals surface area contributed by atoms with E-state index < -0.39 is 0 Å². The van der Waals surface area contributed by atoms with Gasteiger partial charge in [0.2, 0.25) is 0 Å². The summed E-state index contributed by atoms with van der Waals surface area (Å²) >= 11 is 0. The largest absolute Gasteiger partial charge is 0.353 e. The van der Waals surface area contributed by atoms with Gasteiger partial charge in [-0.2, -0.15) is 5.10 Å². The van der Waals surface area contributed by atoms with E-state index in [2.05, 4.69) is 36.9 Å². The van der Waals surface area contributed by atoms with Crippen molar-refractivity contribution in [1.82, 2.24) is 29.6 Å². The monoisotopic (exact) mass is 323 g/mol. The van der Waals surface area contributed by atoms with Crippen molar-refractivity contribution in [2.75, 3.05) is 38.1 Å². The summed E-state index contributed by atoms with van der Waals surface area (Å²) in [7, 11) is 2.15. The number of fused-ring (bicyclic) bond motifs is 1. The van der Waals surface area contributed by atoms with Crippen molar-refractivity contribution in [3.8, 4) is 0 Å². The van der Waals surface area contributed by atoms with E-state index in [1.165, 1.54) is 0 Å². The Morgan fingerprint density at radius 2 is 1.92 bits per heavy atom. The van der Waals surface area contributed by atoms with Gasteiger partial charge in [-0.1, -0.05) is 6.07 Å². The van der Waals surface area contributed by atoms with Crippen molar-refractivity contribution >= 4 is 16.9 Å². The molecule has 0 saturated carbocycles. The fourth-order valence-electron chi connectivity index (χ4n) is 3.11. The molecule has 0 atom stereocenters. The first-order valence-electron chi connectivity index (χ1n) is 8.23. The van der Waals surface area contributed by atoms with Crippen LogP contribution >= 0.6 is 0 Å². The predicted octanol–water partition coefficient (Wildman–Crippen LogP) is 1.33. The smallest absolute Gasteiger partial charge is 0.163 e. The molecule has 3 aromatic heterocycles. The molecule has 1 fully saturated rings. The molecule has 7 heteroatoms. The number of aromatic nitrogens is 5. The van der Waals surface area contributed by atoms with Crippen LogP contribution in [-0.2, 0) is 6.54 Å². The van der Waals surface area contributed by atoms with Gasteiger partial charge < -0.3 is 9.80 Å². The van der Waals surface area contributed by atoms with Crippen molar-refractivity contribution in [1.29, 1.82) is 0 Å². The van der Waals surface area contributed by atoms with Crippen LogP contribution in [-0.4, -0.2) is 62.9 Å². The van der Waals surface area contributed by atoms with E-state index in [1.807, 2.05) is 36.0 Å². The molecule has 4 rings (SSSR count). The van der Waals surface area contributed by atoms with Gasteiger partial charge in [-0.25, -0.2) is 14.6 Å². The SMILES string of the molecule is Cc1cccc(Cn2ncc3c(N4CCN(C)CC4)ncnc32)n1. The Bertz CT molecular complexity index is 849. The molecule has 1 saturated heterocycles. The van der Waals surface area contributed by atoms with Gasteiger partial charge in [-0.15, -0.1) is 0 Å². The highest BCUT2D eigenvalue weighted by Gasteiger charge is 2.19. The van der Waals surface area contributed by atoms with Crippen LogP contribution in [0.2, 0.25) is 0 Å². The molecule has 0 spiro atoms. The second-order valence-corrected chi connectivity index (χ2v) is 6.30. The molecule has 124 valence electrons. The van der Waals surface area contributed by atoms with E-state index >= 15 is 0 Å². The van der Waals surface area contributed by atoms with Crippen molar-refractivity contribution in [2.45, 2.75) is 13.5 Å². The molecular weight excluding hydrogens is 302 g/mol. The van der Waals surface area contributed by atoms with Crippen LogP contribution in [0.1, 0.15) is 11.4 Å². The number of hydrogen-bond donors (Lipinski definition) is 0. The molecule has 1 aliphatic heterocycles. The lowest BCUT2D eigenvalue weighted by Crippen LogP contribution is -2.44. The minimum Gasteiger partial charge on any atom is -0.353 e. The average Bonchev–Trinajstić information content (AvgIpc) is 2.99. The first-order valence-corrected chi connectivity index (χ1v) is 8.23. The zero-order valence-corrected chi connectivity index (χ0v) is 14.1. The number of aryl methyl sites for hydroxylation is 1. The van der Waals surface area contributed by atoms with Gasteiger partial charge >= 0.3 is 0 Å². The maximum atomic E-state index is 4.56. The van der Waals surface area contributed by atoms with E-state index in [-0.39, 0.29) is 0 Å². The number of piperazine rings is 1. The molecular formula is C17H21N7. The van der Waals surface area contributed by atoms with Crippen molar-refractivity contribution in [2.24, 2.45) is 0 Å². The fourth-order valence-corrected chi connectivity index (χ4v) is 3.11. The maximum absolute atomic E-state index is 4.56. The fraction of sp³-hybridized carbons (Fsp3) is 0.412. The highest BCUT2D eigenvalue weighted by atomic mass is 15.3. The third-order valence-corrected chi connectivity index (χ3v) is 4.47. The van der Waals surface area contributed by atoms with E-state index in [9.17, 15) is 0 Å². The van der Waals surface area contributed by atoms with Gasteiger partial charge in [0.25, 0.3) is 0 Å². The Balaban J connectivity index is 1.66. The Kier molecular flexibility index (Phi) is 3.86. The molecule has 4 heterocycles. The Hall–Kier alpha value is -2.54. The molecule has 0 unspecified atom stereocenters. The van der Waals surface area contributed by atoms with Crippen LogP contribution in [0.3, 0.4) is 0 Å². The lowest BCUT2D eigenvalue weighted by molar-refractivity contribution is 0.312. The van der Waals surface area contributed by atoms with Crippen LogP contribution < -0.4 is 4.90 Å². The van der Waals surface area contributed by atoms with E-state index in [1.54, 1.807) is 6.33 Å². The van der Waals surface area contributed by atoms with E-state index in [0.29, 0.717) is 6.54 Å². The summed E-state index contributed by atoms with van der Waals surface area (Å²) in [5.41, 5.74) is 2.86. The molecule has 0 aliphatic carbocycles. The molecule has 1 aliphatic rings. The number of anilines is 1. The first kappa shape index (κ1) is 15.0. The van der Waals surface area contributed by atoms with Crippen LogP contribution in [0.5, 0.6) is 0 Å². The maximum Gasteiger partial charge on any atom is 0.163 e. The van der Waals surface area contributed by atoms with Crippen molar-refractivity contribution in [3.05, 3.63) is 42.1 Å². The second-order valence-electron chi connectivity index (χ2n) is 6.30. The van der Waals surface area contributed by atoms with E-state index in [4.69, 9.17) is 0 Å². The third-order valence-electron chi connectivity index (χ3n) is 4.47. The Morgan fingerprint density at radius 1 is 1.08 bits per heavy atom. The minimum absolute atomic E-state index is 0.615. The summed E-state index contributed by atoms with van der Waals surface area (Å²) < 4.78 is 1.90. The summed E-state index contributed by atoms with van der Waals surface area (Å²) in [4.78, 5) is 18.2. The highest BCUT2D eigenvalue weighted by Crippen LogP contribution is 2.23. The van der Waals surface area contributed by atoms with Gasteiger partial charge in [0.1, 0.15) is 12.1 Å². The predicted molar refractivity (Wildman–Crippen MR) is 93.1 cm³/mol. The molecule has 0 aromatic carbocycles. The lowest BCUT2D eigenvalue weighted by atomic mass is 10.3. The molecule has 0 N–H and O–H groups in total. The number of likely N-dealkylation sites (N-methyl/N-ethyl adjacent to an activating group) is 1. The first-order chi connectivity index (χ1) is 11.7. The standard InChI is InChI=1S/C17H21N7/c1-13-4-3-5-14(21-13)11-24-17-15(10-20-24)16(18-12-19-17)23-8-6-22(2)7-9-23/h3-5,10,12H,6-9,11H2,1-2H3. The summed E-state index contributed by atoms with van der Waals surface area (Å²) in [6, 6.07) is 6.04. The van der Waals surface area contributed by atoms with E-state index in [0.717, 1.165) is 54.4 Å². The average molecular weight is 323 g/mol. The van der Waals surface area contributed by atoms with Crippen LogP contribution in [0.15, 0.2) is 30.7 Å². The lowest BCUT2D eigenvalue weighted by Gasteiger charge is -2.33. The summed E-state index contributed by atoms with van der Waals surface area (Å²) in [5.74, 6) is 0.983. The molecule has 24 heavy (non-hydrogen) atoms. The van der Waals surface area contributed by atoms with Crippen LogP contribution in [0.4, 0.5) is 5.82 Å². The zero-order valence-electron chi connectivity index (χ0n) is 14.1. The number of hydrogen-bond acceptors (Lipinski definition) is 6. The highest BCUT2D eigenvalue weighted by molar-refractivity contribution is 5.86. The summed E-state index contributed by atoms with van der Waals surface area (Å²) in [6.45, 7) is 6.67. The van der Waals surface area contributed by atoms with Gasteiger partial charge in [0.15, 0.2) is 5.65 Å². The van der Waals surface area contributed by atoms with Crippen molar-refractivity contribution < 1.29 is 0 Å². The molecule has 0 bridgehead atoms. The van der Waals surface area contributed by atoms with Crippen molar-refractivity contribution in [3.63, 3.8) is 0 Å². The van der Waals surface area contributed by atoms with Gasteiger partial charge in [0, 0.05) is 31.9 Å². The molecule has 0 amide bonds. The Morgan fingerprint density at radius 3 is 2.71 bits per heavy atom. The van der Waals surface area contributed by atoms with Gasteiger partial charge in [-0.05, 0) is 26.1 Å². The number of rotatable bonds is 3. The number of pyridine rings is 1. The summed E-state index contributed by atoms with van der Waals surface area (Å²) in [5, 5.41) is 5.54. The summed E-state index contributed by atoms with van der Waals surface area (Å²) in [6.07, 6.45) is 3.51. The second kappa shape index (κ2) is 6.16. The van der Waals surface area contributed by atoms with Gasteiger partial charge in [-0.3, -0.25) is 4.98 Å². The molecule has 3 aromatic rings. The van der Waals surface area contributed by atoms with Crippen LogP contribution in [0, 0.1) is 6.92 Å².